The number of oxazole rings is 1. The highest BCUT2D eigenvalue weighted by Gasteiger charge is 2.26. The maximum absolute atomic E-state index is 12.5. The molecule has 1 aromatic heterocycles. The van der Waals surface area contributed by atoms with E-state index in [9.17, 15) is 4.79 Å². The molecule has 21 heavy (non-hydrogen) atoms. The van der Waals surface area contributed by atoms with Gasteiger partial charge in [0.15, 0.2) is 11.7 Å². The summed E-state index contributed by atoms with van der Waals surface area (Å²) >= 11 is 0. The van der Waals surface area contributed by atoms with Gasteiger partial charge in [0.25, 0.3) is 0 Å². The van der Waals surface area contributed by atoms with Gasteiger partial charge in [-0.1, -0.05) is 30.3 Å². The molecule has 0 radical (unpaired) electrons. The molecule has 1 aliphatic rings. The highest BCUT2D eigenvalue weighted by atomic mass is 16.3. The lowest BCUT2D eigenvalue weighted by molar-refractivity contribution is 0.0810. The molecule has 0 aliphatic carbocycles. The second-order valence-corrected chi connectivity index (χ2v) is 5.66. The fourth-order valence-corrected chi connectivity index (χ4v) is 2.96. The third-order valence-corrected chi connectivity index (χ3v) is 3.99. The molecule has 4 nitrogen and oxygen atoms in total. The number of aryl methyl sites for hydroxylation is 1. The molecule has 1 atom stereocenters. The van der Waals surface area contributed by atoms with Gasteiger partial charge in [-0.05, 0) is 19.4 Å². The zero-order valence-corrected chi connectivity index (χ0v) is 12.3. The fourth-order valence-electron chi connectivity index (χ4n) is 2.96. The van der Waals surface area contributed by atoms with E-state index in [2.05, 4.69) is 9.88 Å². The minimum atomic E-state index is 0.0918. The lowest BCUT2D eigenvalue weighted by atomic mass is 9.90. The van der Waals surface area contributed by atoms with E-state index in [4.69, 9.17) is 4.42 Å². The Morgan fingerprint density at radius 1 is 1.38 bits per heavy atom. The first-order chi connectivity index (χ1) is 10.2. The molecule has 1 aromatic carbocycles. The molecule has 1 aliphatic heterocycles. The summed E-state index contributed by atoms with van der Waals surface area (Å²) in [5, 5.41) is 0. The smallest absolute Gasteiger partial charge is 0.191 e. The first-order valence-electron chi connectivity index (χ1n) is 7.45. The van der Waals surface area contributed by atoms with Crippen LogP contribution in [0.1, 0.15) is 34.8 Å². The molecule has 0 bridgehead atoms. The highest BCUT2D eigenvalue weighted by molar-refractivity contribution is 5.98. The normalized spacial score (nSPS) is 19.6. The van der Waals surface area contributed by atoms with Crippen molar-refractivity contribution in [2.45, 2.75) is 26.3 Å². The van der Waals surface area contributed by atoms with Crippen molar-refractivity contribution in [2.24, 2.45) is 5.92 Å². The minimum absolute atomic E-state index is 0.0918. The molecule has 4 heteroatoms. The predicted molar refractivity (Wildman–Crippen MR) is 80.0 cm³/mol. The second kappa shape index (κ2) is 6.22. The van der Waals surface area contributed by atoms with Crippen LogP contribution in [0, 0.1) is 12.8 Å². The van der Waals surface area contributed by atoms with Crippen LogP contribution in [0.5, 0.6) is 0 Å². The van der Waals surface area contributed by atoms with Crippen LogP contribution in [0.15, 0.2) is 41.0 Å². The van der Waals surface area contributed by atoms with E-state index in [0.29, 0.717) is 5.89 Å². The lowest BCUT2D eigenvalue weighted by Gasteiger charge is -2.31. The first kappa shape index (κ1) is 14.0. The van der Waals surface area contributed by atoms with Crippen LogP contribution in [0.2, 0.25) is 0 Å². The Bertz CT molecular complexity index is 606. The highest BCUT2D eigenvalue weighted by Crippen LogP contribution is 2.22. The number of rotatable bonds is 4. The summed E-state index contributed by atoms with van der Waals surface area (Å²) in [6.07, 6.45) is 3.74. The number of benzene rings is 1. The average Bonchev–Trinajstić information content (AvgIpc) is 2.93. The van der Waals surface area contributed by atoms with Crippen LogP contribution in [-0.2, 0) is 6.54 Å². The number of nitrogens with zero attached hydrogens (tertiary/aromatic N) is 2. The van der Waals surface area contributed by atoms with Crippen molar-refractivity contribution in [3.8, 4) is 0 Å². The Kier molecular flexibility index (Phi) is 4.15. The number of hydrogen-bond donors (Lipinski definition) is 0. The third-order valence-electron chi connectivity index (χ3n) is 3.99. The predicted octanol–water partition coefficient (Wildman–Crippen LogP) is 3.08. The number of aromatic nitrogens is 1. The van der Waals surface area contributed by atoms with Gasteiger partial charge in [-0.15, -0.1) is 0 Å². The van der Waals surface area contributed by atoms with Crippen molar-refractivity contribution in [2.75, 3.05) is 13.1 Å². The van der Waals surface area contributed by atoms with Crippen molar-refractivity contribution in [3.05, 3.63) is 53.7 Å². The summed E-state index contributed by atoms with van der Waals surface area (Å²) in [4.78, 5) is 19.2. The first-order valence-corrected chi connectivity index (χ1v) is 7.45. The molecule has 0 N–H and O–H groups in total. The molecule has 0 saturated carbocycles. The number of hydrogen-bond acceptors (Lipinski definition) is 4. The number of piperidine rings is 1. The molecule has 110 valence electrons. The van der Waals surface area contributed by atoms with Gasteiger partial charge in [0.1, 0.15) is 6.26 Å². The van der Waals surface area contributed by atoms with Gasteiger partial charge in [-0.25, -0.2) is 4.98 Å². The van der Waals surface area contributed by atoms with Gasteiger partial charge < -0.3 is 4.42 Å². The summed E-state index contributed by atoms with van der Waals surface area (Å²) in [5.74, 6) is 1.05. The van der Waals surface area contributed by atoms with Gasteiger partial charge in [0.2, 0.25) is 0 Å². The number of carbonyl (C=O) groups excluding carboxylic acids is 1. The van der Waals surface area contributed by atoms with E-state index in [-0.39, 0.29) is 11.7 Å². The number of likely N-dealkylation sites (tertiary alicyclic amines) is 1. The Balaban J connectivity index is 1.64. The standard InChI is InChI=1S/C17H20N2O2/c1-13-18-16(12-21-13)11-19-9-5-8-15(10-19)17(20)14-6-3-2-4-7-14/h2-4,6-7,12,15H,5,8-11H2,1H3. The van der Waals surface area contributed by atoms with Gasteiger partial charge >= 0.3 is 0 Å². The average molecular weight is 284 g/mol. The van der Waals surface area contributed by atoms with Crippen LogP contribution in [0.25, 0.3) is 0 Å². The summed E-state index contributed by atoms with van der Waals surface area (Å²) in [6.45, 7) is 4.43. The minimum Gasteiger partial charge on any atom is -0.449 e. The molecule has 3 rings (SSSR count). The molecule has 0 spiro atoms. The Hall–Kier alpha value is -1.94. The van der Waals surface area contributed by atoms with E-state index in [1.807, 2.05) is 37.3 Å². The molecular formula is C17H20N2O2. The molecule has 1 fully saturated rings. The Labute approximate surface area is 124 Å². The van der Waals surface area contributed by atoms with E-state index in [1.165, 1.54) is 0 Å². The molecule has 1 unspecified atom stereocenters. The fraction of sp³-hybridized carbons (Fsp3) is 0.412. The van der Waals surface area contributed by atoms with Crippen molar-refractivity contribution in [1.82, 2.24) is 9.88 Å². The molecule has 0 amide bonds. The number of Topliss-reactive ketones (excluding diaryl/α,β-unsaturated/α-hetero) is 1. The topological polar surface area (TPSA) is 46.3 Å². The molecule has 1 saturated heterocycles. The Morgan fingerprint density at radius 3 is 2.90 bits per heavy atom. The Morgan fingerprint density at radius 2 is 2.19 bits per heavy atom. The largest absolute Gasteiger partial charge is 0.449 e. The lowest BCUT2D eigenvalue weighted by Crippen LogP contribution is -2.38. The summed E-state index contributed by atoms with van der Waals surface area (Å²) in [7, 11) is 0. The van der Waals surface area contributed by atoms with Crippen molar-refractivity contribution < 1.29 is 9.21 Å². The zero-order chi connectivity index (χ0) is 14.7. The van der Waals surface area contributed by atoms with Crippen molar-refractivity contribution in [3.63, 3.8) is 0 Å². The second-order valence-electron chi connectivity index (χ2n) is 5.66. The van der Waals surface area contributed by atoms with Crippen molar-refractivity contribution in [1.29, 1.82) is 0 Å². The molecular weight excluding hydrogens is 264 g/mol. The van der Waals surface area contributed by atoms with Gasteiger partial charge in [-0.3, -0.25) is 9.69 Å². The monoisotopic (exact) mass is 284 g/mol. The summed E-state index contributed by atoms with van der Waals surface area (Å²) in [6, 6.07) is 9.60. The van der Waals surface area contributed by atoms with Gasteiger partial charge in [-0.2, -0.15) is 0 Å². The van der Waals surface area contributed by atoms with Crippen LogP contribution in [0.3, 0.4) is 0 Å². The van der Waals surface area contributed by atoms with Crippen LogP contribution >= 0.6 is 0 Å². The summed E-state index contributed by atoms with van der Waals surface area (Å²) in [5.41, 5.74) is 1.77. The van der Waals surface area contributed by atoms with E-state index in [0.717, 1.165) is 43.7 Å². The van der Waals surface area contributed by atoms with E-state index in [1.54, 1.807) is 6.26 Å². The molecule has 2 aromatic rings. The van der Waals surface area contributed by atoms with Crippen LogP contribution < -0.4 is 0 Å². The molecule has 2 heterocycles. The third kappa shape index (κ3) is 3.39. The van der Waals surface area contributed by atoms with Gasteiger partial charge in [0.05, 0.1) is 5.69 Å². The van der Waals surface area contributed by atoms with Crippen LogP contribution in [-0.4, -0.2) is 28.8 Å². The van der Waals surface area contributed by atoms with Gasteiger partial charge in [0, 0.05) is 31.5 Å². The van der Waals surface area contributed by atoms with E-state index >= 15 is 0 Å². The maximum atomic E-state index is 12.5. The zero-order valence-electron chi connectivity index (χ0n) is 12.3. The van der Waals surface area contributed by atoms with E-state index < -0.39 is 0 Å². The van der Waals surface area contributed by atoms with Crippen molar-refractivity contribution >= 4 is 5.78 Å². The maximum Gasteiger partial charge on any atom is 0.191 e. The number of carbonyl (C=O) groups is 1. The summed E-state index contributed by atoms with van der Waals surface area (Å²) < 4.78 is 5.24. The quantitative estimate of drug-likeness (QED) is 0.809. The SMILES string of the molecule is Cc1nc(CN2CCCC(C(=O)c3ccccc3)C2)co1. The van der Waals surface area contributed by atoms with Crippen LogP contribution in [0.4, 0.5) is 0 Å². The number of ketones is 1.